The SMILES string of the molecule is COC1CS(=O)(=O)CC1[N+](=O)[O-]. The quantitative estimate of drug-likeness (QED) is 0.420. The van der Waals surface area contributed by atoms with Crippen LogP contribution in [0.5, 0.6) is 0 Å². The summed E-state index contributed by atoms with van der Waals surface area (Å²) in [5.74, 6) is -0.645. The van der Waals surface area contributed by atoms with E-state index in [4.69, 9.17) is 4.74 Å². The Labute approximate surface area is 69.6 Å². The molecule has 7 heteroatoms. The third kappa shape index (κ3) is 1.72. The van der Waals surface area contributed by atoms with Gasteiger partial charge in [0.15, 0.2) is 9.84 Å². The van der Waals surface area contributed by atoms with E-state index in [9.17, 15) is 18.5 Å². The maximum Gasteiger partial charge on any atom is 0.253 e. The van der Waals surface area contributed by atoms with Crippen LogP contribution in [0.4, 0.5) is 0 Å². The molecule has 0 aromatic carbocycles. The first-order chi connectivity index (χ1) is 5.46. The van der Waals surface area contributed by atoms with Crippen molar-refractivity contribution in [1.82, 2.24) is 0 Å². The van der Waals surface area contributed by atoms with Gasteiger partial charge in [0.2, 0.25) is 0 Å². The molecule has 2 unspecified atom stereocenters. The Bertz CT molecular complexity index is 284. The summed E-state index contributed by atoms with van der Waals surface area (Å²) < 4.78 is 26.6. The highest BCUT2D eigenvalue weighted by Crippen LogP contribution is 2.17. The van der Waals surface area contributed by atoms with E-state index in [1.165, 1.54) is 7.11 Å². The predicted molar refractivity (Wildman–Crippen MR) is 40.2 cm³/mol. The summed E-state index contributed by atoms with van der Waals surface area (Å²) >= 11 is 0. The molecule has 0 amide bonds. The van der Waals surface area contributed by atoms with Crippen molar-refractivity contribution in [3.8, 4) is 0 Å². The Balaban J connectivity index is 2.83. The highest BCUT2D eigenvalue weighted by Gasteiger charge is 2.45. The van der Waals surface area contributed by atoms with Gasteiger partial charge in [0.05, 0.1) is 5.75 Å². The lowest BCUT2D eigenvalue weighted by atomic mass is 10.2. The normalized spacial score (nSPS) is 33.4. The maximum atomic E-state index is 10.9. The first-order valence-electron chi connectivity index (χ1n) is 3.33. The van der Waals surface area contributed by atoms with Gasteiger partial charge in [-0.25, -0.2) is 8.42 Å². The molecular weight excluding hydrogens is 186 g/mol. The third-order valence-electron chi connectivity index (χ3n) is 1.85. The van der Waals surface area contributed by atoms with Crippen LogP contribution < -0.4 is 0 Å². The van der Waals surface area contributed by atoms with E-state index in [1.54, 1.807) is 0 Å². The average molecular weight is 195 g/mol. The first kappa shape index (κ1) is 9.40. The van der Waals surface area contributed by atoms with Crippen molar-refractivity contribution in [2.75, 3.05) is 18.6 Å². The molecule has 0 radical (unpaired) electrons. The highest BCUT2D eigenvalue weighted by molar-refractivity contribution is 7.91. The van der Waals surface area contributed by atoms with Crippen molar-refractivity contribution in [3.63, 3.8) is 0 Å². The molecule has 1 saturated heterocycles. The average Bonchev–Trinajstić information content (AvgIpc) is 2.25. The second kappa shape index (κ2) is 2.98. The molecule has 1 aliphatic heterocycles. The lowest BCUT2D eigenvalue weighted by Crippen LogP contribution is -2.33. The Morgan fingerprint density at radius 2 is 2.08 bits per heavy atom. The zero-order valence-electron chi connectivity index (χ0n) is 6.47. The standard InChI is InChI=1S/C5H9NO5S/c1-11-5-3-12(9,10)2-4(5)6(7)8/h4-5H,2-3H2,1H3. The first-order valence-corrected chi connectivity index (χ1v) is 5.15. The topological polar surface area (TPSA) is 86.5 Å². The van der Waals surface area contributed by atoms with E-state index in [0.717, 1.165) is 0 Å². The molecule has 0 N–H and O–H groups in total. The summed E-state index contributed by atoms with van der Waals surface area (Å²) in [6.07, 6.45) is -0.787. The van der Waals surface area contributed by atoms with Crippen LogP contribution in [-0.4, -0.2) is 44.1 Å². The van der Waals surface area contributed by atoms with Gasteiger partial charge in [0, 0.05) is 12.0 Å². The van der Waals surface area contributed by atoms with Crippen molar-refractivity contribution in [3.05, 3.63) is 10.1 Å². The largest absolute Gasteiger partial charge is 0.373 e. The van der Waals surface area contributed by atoms with Crippen LogP contribution in [0.25, 0.3) is 0 Å². The number of ether oxygens (including phenoxy) is 1. The van der Waals surface area contributed by atoms with Gasteiger partial charge in [-0.3, -0.25) is 10.1 Å². The molecule has 0 aromatic rings. The molecule has 1 rings (SSSR count). The molecule has 70 valence electrons. The smallest absolute Gasteiger partial charge is 0.253 e. The Kier molecular flexibility index (Phi) is 2.34. The molecule has 0 saturated carbocycles. The van der Waals surface area contributed by atoms with Crippen LogP contribution in [0.2, 0.25) is 0 Å². The van der Waals surface area contributed by atoms with Crippen LogP contribution >= 0.6 is 0 Å². The molecule has 1 aliphatic rings. The summed E-state index contributed by atoms with van der Waals surface area (Å²) in [5.41, 5.74) is 0. The number of nitro groups is 1. The van der Waals surface area contributed by atoms with E-state index in [2.05, 4.69) is 0 Å². The number of sulfone groups is 1. The molecule has 0 spiro atoms. The van der Waals surface area contributed by atoms with E-state index in [0.29, 0.717) is 0 Å². The molecule has 1 fully saturated rings. The Morgan fingerprint density at radius 1 is 1.50 bits per heavy atom. The molecule has 12 heavy (non-hydrogen) atoms. The fourth-order valence-electron chi connectivity index (χ4n) is 1.22. The van der Waals surface area contributed by atoms with Gasteiger partial charge in [-0.05, 0) is 0 Å². The summed E-state index contributed by atoms with van der Waals surface area (Å²) in [6, 6.07) is -1.10. The van der Waals surface area contributed by atoms with Crippen molar-refractivity contribution in [2.24, 2.45) is 0 Å². The second-order valence-electron chi connectivity index (χ2n) is 2.70. The highest BCUT2D eigenvalue weighted by atomic mass is 32.2. The molecular formula is C5H9NO5S. The molecule has 2 atom stereocenters. The van der Waals surface area contributed by atoms with Crippen LogP contribution in [0.3, 0.4) is 0 Å². The number of nitrogens with zero attached hydrogens (tertiary/aromatic N) is 1. The van der Waals surface area contributed by atoms with Crippen molar-refractivity contribution in [1.29, 1.82) is 0 Å². The number of methoxy groups -OCH3 is 1. The summed E-state index contributed by atoms with van der Waals surface area (Å²) in [7, 11) is -1.99. The van der Waals surface area contributed by atoms with Crippen LogP contribution in [0, 0.1) is 10.1 Å². The van der Waals surface area contributed by atoms with Gasteiger partial charge in [0.1, 0.15) is 11.9 Å². The zero-order chi connectivity index (χ0) is 9.35. The molecule has 0 bridgehead atoms. The van der Waals surface area contributed by atoms with Gasteiger partial charge in [0.25, 0.3) is 6.04 Å². The fourth-order valence-corrected chi connectivity index (χ4v) is 3.07. The number of hydrogen-bond acceptors (Lipinski definition) is 5. The van der Waals surface area contributed by atoms with E-state index >= 15 is 0 Å². The van der Waals surface area contributed by atoms with E-state index < -0.39 is 32.7 Å². The molecule has 1 heterocycles. The van der Waals surface area contributed by atoms with Crippen molar-refractivity contribution in [2.45, 2.75) is 12.1 Å². The Morgan fingerprint density at radius 3 is 2.42 bits per heavy atom. The monoisotopic (exact) mass is 195 g/mol. The van der Waals surface area contributed by atoms with E-state index in [-0.39, 0.29) is 5.75 Å². The van der Waals surface area contributed by atoms with Crippen LogP contribution in [0.1, 0.15) is 0 Å². The minimum Gasteiger partial charge on any atom is -0.373 e. The lowest BCUT2D eigenvalue weighted by molar-refractivity contribution is -0.526. The molecule has 6 nitrogen and oxygen atoms in total. The van der Waals surface area contributed by atoms with Gasteiger partial charge >= 0.3 is 0 Å². The van der Waals surface area contributed by atoms with Crippen LogP contribution in [-0.2, 0) is 14.6 Å². The van der Waals surface area contributed by atoms with Gasteiger partial charge in [-0.1, -0.05) is 0 Å². The van der Waals surface area contributed by atoms with Crippen molar-refractivity contribution >= 4 is 9.84 Å². The zero-order valence-corrected chi connectivity index (χ0v) is 7.28. The maximum absolute atomic E-state index is 10.9. The summed E-state index contributed by atoms with van der Waals surface area (Å²) in [4.78, 5) is 9.72. The van der Waals surface area contributed by atoms with E-state index in [1.807, 2.05) is 0 Å². The summed E-state index contributed by atoms with van der Waals surface area (Å²) in [5, 5.41) is 10.3. The lowest BCUT2D eigenvalue weighted by Gasteiger charge is -2.07. The summed E-state index contributed by atoms with van der Waals surface area (Å²) in [6.45, 7) is 0. The molecule has 0 aliphatic carbocycles. The van der Waals surface area contributed by atoms with Gasteiger partial charge in [-0.2, -0.15) is 0 Å². The van der Waals surface area contributed by atoms with Crippen molar-refractivity contribution < 1.29 is 18.1 Å². The van der Waals surface area contributed by atoms with Crippen LogP contribution in [0.15, 0.2) is 0 Å². The van der Waals surface area contributed by atoms with Gasteiger partial charge in [-0.15, -0.1) is 0 Å². The third-order valence-corrected chi connectivity index (χ3v) is 3.53. The second-order valence-corrected chi connectivity index (χ2v) is 4.86. The Hall–Kier alpha value is -0.690. The minimum atomic E-state index is -3.27. The number of rotatable bonds is 2. The predicted octanol–water partition coefficient (Wildman–Crippen LogP) is -0.925. The number of hydrogen-bond donors (Lipinski definition) is 0. The van der Waals surface area contributed by atoms with Gasteiger partial charge < -0.3 is 4.74 Å². The fraction of sp³-hybridized carbons (Fsp3) is 1.00. The minimum absolute atomic E-state index is 0.241. The molecule has 0 aromatic heterocycles.